The number of benzene rings is 1. The lowest BCUT2D eigenvalue weighted by Crippen LogP contribution is -2.44. The summed E-state index contributed by atoms with van der Waals surface area (Å²) in [5, 5.41) is 21.2. The van der Waals surface area contributed by atoms with Crippen molar-refractivity contribution in [2.45, 2.75) is 76.7 Å². The van der Waals surface area contributed by atoms with Crippen molar-refractivity contribution >= 4 is 11.8 Å². The van der Waals surface area contributed by atoms with Crippen LogP contribution in [0.2, 0.25) is 0 Å². The van der Waals surface area contributed by atoms with Gasteiger partial charge in [-0.3, -0.25) is 4.79 Å². The predicted octanol–water partition coefficient (Wildman–Crippen LogP) is 4.45. The van der Waals surface area contributed by atoms with Crippen LogP contribution in [-0.4, -0.2) is 34.7 Å². The molecule has 1 aromatic rings. The number of phenolic OH excluding ortho intramolecular Hbond substituents is 1. The average molecular weight is 463 g/mol. The number of carbonyl (C=O) groups excluding carboxylic acids is 2. The maximum absolute atomic E-state index is 12.1. The van der Waals surface area contributed by atoms with Crippen molar-refractivity contribution in [3.05, 3.63) is 41.0 Å². The summed E-state index contributed by atoms with van der Waals surface area (Å²) < 4.78 is 5.19. The quantitative estimate of drug-likeness (QED) is 0.394. The monoisotopic (exact) mass is 462 g/mol. The average Bonchev–Trinajstić information content (AvgIpc) is 3.08. The summed E-state index contributed by atoms with van der Waals surface area (Å²) >= 11 is 0. The topological polar surface area (TPSA) is 83.8 Å². The molecular weight excluding hydrogens is 428 g/mol. The van der Waals surface area contributed by atoms with Crippen LogP contribution in [0.1, 0.15) is 75.3 Å². The molecule has 0 amide bonds. The number of phenols is 1. The van der Waals surface area contributed by atoms with E-state index in [1.165, 1.54) is 11.1 Å². The Hall–Kier alpha value is -2.58. The van der Waals surface area contributed by atoms with E-state index in [9.17, 15) is 19.8 Å². The molecule has 6 atom stereocenters. The van der Waals surface area contributed by atoms with E-state index < -0.39 is 12.1 Å². The largest absolute Gasteiger partial charge is 0.508 e. The minimum atomic E-state index is -0.609. The molecule has 0 aromatic heterocycles. The number of rotatable bonds is 3. The Morgan fingerprint density at radius 3 is 2.94 bits per heavy atom. The van der Waals surface area contributed by atoms with Gasteiger partial charge in [0.05, 0.1) is 6.10 Å². The zero-order valence-corrected chi connectivity index (χ0v) is 19.9. The standard InChI is InChI=1S/C29H34O5/c1-29-14-13-23-22-12-10-21(30)15-18(22)9-11-24(23)25(29)16-19(28(29)33)6-4-8-27(32)34-17-20-5-2-3-7-26(20)31/h5,10,12,15,19,23-25,28,30,33H,2-3,6-7,9,11,13-14,16-17H2,1H3/t19-,23?,24?,25?,28+,29+/m1/s1. The van der Waals surface area contributed by atoms with Crippen molar-refractivity contribution in [1.29, 1.82) is 0 Å². The molecule has 0 aliphatic heterocycles. The van der Waals surface area contributed by atoms with E-state index in [0.717, 1.165) is 44.9 Å². The SMILES string of the molecule is C[C@]12CCC3c4ccc(O)cc4CCC3C1C[C@@H](CC#CC(=O)OCC1=CCCCC1=O)[C@@H]2O. The van der Waals surface area contributed by atoms with Gasteiger partial charge in [0.2, 0.25) is 0 Å². The van der Waals surface area contributed by atoms with Crippen molar-refractivity contribution in [2.75, 3.05) is 6.61 Å². The van der Waals surface area contributed by atoms with E-state index in [1.807, 2.05) is 12.1 Å². The van der Waals surface area contributed by atoms with Crippen LogP contribution in [-0.2, 0) is 20.7 Å². The molecule has 4 aliphatic rings. The summed E-state index contributed by atoms with van der Waals surface area (Å²) in [4.78, 5) is 23.9. The highest BCUT2D eigenvalue weighted by atomic mass is 16.5. The number of ether oxygens (including phenoxy) is 1. The number of aromatic hydroxyl groups is 1. The lowest BCUT2D eigenvalue weighted by molar-refractivity contribution is -0.136. The fraction of sp³-hybridized carbons (Fsp3) is 0.586. The molecule has 2 N–H and O–H groups in total. The lowest BCUT2D eigenvalue weighted by Gasteiger charge is -2.50. The highest BCUT2D eigenvalue weighted by Crippen LogP contribution is 2.62. The van der Waals surface area contributed by atoms with E-state index in [-0.39, 0.29) is 23.7 Å². The molecule has 0 bridgehead atoms. The second kappa shape index (κ2) is 9.23. The highest BCUT2D eigenvalue weighted by molar-refractivity contribution is 5.97. The van der Waals surface area contributed by atoms with Gasteiger partial charge >= 0.3 is 5.97 Å². The smallest absolute Gasteiger partial charge is 0.384 e. The van der Waals surface area contributed by atoms with Crippen LogP contribution in [0.15, 0.2) is 29.8 Å². The first kappa shape index (κ1) is 23.2. The van der Waals surface area contributed by atoms with Gasteiger partial charge in [-0.05, 0) is 97.3 Å². The van der Waals surface area contributed by atoms with Crippen molar-refractivity contribution in [3.8, 4) is 17.6 Å². The van der Waals surface area contributed by atoms with E-state index in [1.54, 1.807) is 6.07 Å². The van der Waals surface area contributed by atoms with Gasteiger partial charge in [0.15, 0.2) is 5.78 Å². The van der Waals surface area contributed by atoms with Gasteiger partial charge in [0.25, 0.3) is 0 Å². The van der Waals surface area contributed by atoms with Crippen molar-refractivity contribution < 1.29 is 24.5 Å². The van der Waals surface area contributed by atoms with E-state index in [4.69, 9.17) is 4.74 Å². The van der Waals surface area contributed by atoms with Gasteiger partial charge in [0.1, 0.15) is 12.4 Å². The van der Waals surface area contributed by atoms with Crippen LogP contribution < -0.4 is 0 Å². The maximum Gasteiger partial charge on any atom is 0.384 e. The minimum absolute atomic E-state index is 0.000856. The molecule has 2 saturated carbocycles. The number of fused-ring (bicyclic) bond motifs is 5. The first-order valence-corrected chi connectivity index (χ1v) is 12.7. The molecular formula is C29H34O5. The molecule has 3 unspecified atom stereocenters. The minimum Gasteiger partial charge on any atom is -0.508 e. The second-order valence-corrected chi connectivity index (χ2v) is 10.9. The molecule has 0 spiro atoms. The molecule has 5 nitrogen and oxygen atoms in total. The number of hydrogen-bond acceptors (Lipinski definition) is 5. The molecule has 1 aromatic carbocycles. The molecule has 180 valence electrons. The Kier molecular flexibility index (Phi) is 6.29. The Morgan fingerprint density at radius 1 is 1.26 bits per heavy atom. The number of carbonyl (C=O) groups is 2. The van der Waals surface area contributed by atoms with Crippen LogP contribution in [0.4, 0.5) is 0 Å². The number of allylic oxidation sites excluding steroid dienone is 1. The third-order valence-electron chi connectivity index (χ3n) is 9.10. The third kappa shape index (κ3) is 4.18. The zero-order valence-electron chi connectivity index (χ0n) is 19.9. The molecule has 5 rings (SSSR count). The van der Waals surface area contributed by atoms with Gasteiger partial charge in [-0.25, -0.2) is 4.79 Å². The van der Waals surface area contributed by atoms with Crippen molar-refractivity contribution in [1.82, 2.24) is 0 Å². The van der Waals surface area contributed by atoms with Gasteiger partial charge in [0, 0.05) is 24.3 Å². The number of esters is 1. The maximum atomic E-state index is 12.1. The van der Waals surface area contributed by atoms with Crippen molar-refractivity contribution in [3.63, 3.8) is 0 Å². The van der Waals surface area contributed by atoms with Gasteiger partial charge in [-0.15, -0.1) is 0 Å². The highest BCUT2D eigenvalue weighted by Gasteiger charge is 2.57. The predicted molar refractivity (Wildman–Crippen MR) is 128 cm³/mol. The molecule has 0 heterocycles. The number of aryl methyl sites for hydroxylation is 1. The van der Waals surface area contributed by atoms with Gasteiger partial charge < -0.3 is 14.9 Å². The summed E-state index contributed by atoms with van der Waals surface area (Å²) in [5.74, 6) is 6.83. The first-order valence-electron chi connectivity index (χ1n) is 12.7. The number of aliphatic hydroxyl groups excluding tert-OH is 1. The number of ketones is 1. The van der Waals surface area contributed by atoms with Crippen LogP contribution in [0.5, 0.6) is 5.75 Å². The van der Waals surface area contributed by atoms with Gasteiger partial charge in [-0.1, -0.05) is 25.0 Å². The Bertz CT molecular complexity index is 1080. The summed E-state index contributed by atoms with van der Waals surface area (Å²) in [7, 11) is 0. The molecule has 5 heteroatoms. The molecule has 2 fully saturated rings. The molecule has 0 saturated heterocycles. The number of hydrogen-bond donors (Lipinski definition) is 2. The van der Waals surface area contributed by atoms with E-state index >= 15 is 0 Å². The Morgan fingerprint density at radius 2 is 2.12 bits per heavy atom. The van der Waals surface area contributed by atoms with Crippen LogP contribution in [0.25, 0.3) is 0 Å². The van der Waals surface area contributed by atoms with Crippen LogP contribution in [0.3, 0.4) is 0 Å². The zero-order chi connectivity index (χ0) is 23.9. The molecule has 0 radical (unpaired) electrons. The Labute approximate surface area is 201 Å². The Balaban J connectivity index is 1.22. The fourth-order valence-corrected chi connectivity index (χ4v) is 7.30. The van der Waals surface area contributed by atoms with Gasteiger partial charge in [-0.2, -0.15) is 0 Å². The number of Topliss-reactive ketones (excluding diaryl/α,β-unsaturated/α-hetero) is 1. The fourth-order valence-electron chi connectivity index (χ4n) is 7.30. The summed E-state index contributed by atoms with van der Waals surface area (Å²) in [6.07, 6.45) is 9.17. The second-order valence-electron chi connectivity index (χ2n) is 10.9. The molecule has 4 aliphatic carbocycles. The normalized spacial score (nSPS) is 34.1. The van der Waals surface area contributed by atoms with Crippen molar-refractivity contribution in [2.24, 2.45) is 23.2 Å². The third-order valence-corrected chi connectivity index (χ3v) is 9.10. The van der Waals surface area contributed by atoms with Crippen LogP contribution in [0, 0.1) is 35.0 Å². The van der Waals surface area contributed by atoms with E-state index in [0.29, 0.717) is 41.9 Å². The molecule has 34 heavy (non-hydrogen) atoms. The van der Waals surface area contributed by atoms with Crippen LogP contribution >= 0.6 is 0 Å². The summed E-state index contributed by atoms with van der Waals surface area (Å²) in [6.45, 7) is 2.24. The number of aliphatic hydroxyl groups is 1. The summed E-state index contributed by atoms with van der Waals surface area (Å²) in [6, 6.07) is 5.82. The first-order chi connectivity index (χ1) is 16.4. The van der Waals surface area contributed by atoms with E-state index in [2.05, 4.69) is 24.8 Å². The lowest BCUT2D eigenvalue weighted by atomic mass is 9.55. The summed E-state index contributed by atoms with van der Waals surface area (Å²) in [5.41, 5.74) is 3.11.